The van der Waals surface area contributed by atoms with Crippen molar-refractivity contribution in [2.75, 3.05) is 26.6 Å². The zero-order valence-corrected chi connectivity index (χ0v) is 21.9. The fourth-order valence-electron chi connectivity index (χ4n) is 3.44. The van der Waals surface area contributed by atoms with Crippen molar-refractivity contribution in [1.82, 2.24) is 10.2 Å². The topological polar surface area (TPSA) is 147 Å². The number of hydrogen-bond acceptors (Lipinski definition) is 10. The van der Waals surface area contributed by atoms with E-state index in [4.69, 9.17) is 53.8 Å². The Morgan fingerprint density at radius 1 is 1.22 bits per heavy atom. The highest BCUT2D eigenvalue weighted by Gasteiger charge is 2.55. The number of nitrogens with one attached hydrogen (secondary N) is 1. The number of methoxy groups -OCH3 is 2. The van der Waals surface area contributed by atoms with E-state index in [0.717, 1.165) is 4.90 Å². The average molecular weight is 585 g/mol. The van der Waals surface area contributed by atoms with Gasteiger partial charge in [-0.05, 0) is 17.7 Å². The first kappa shape index (κ1) is 28.3. The van der Waals surface area contributed by atoms with Gasteiger partial charge in [-0.3, -0.25) is 19.8 Å². The number of esters is 1. The summed E-state index contributed by atoms with van der Waals surface area (Å²) >= 11 is 18.3. The standard InChI is InChI=1S/C20H20Cl3N3O9S/c1-32-18(33-2)12-8-36-16-13(15(27)25(16)14(12)17(28)35-9-20(21,22)23)24-19(29)34-7-10-3-5-11(6-4-10)26(30)31/h3-6,13,16,18H,7-9H2,1-2H3,(H,24,29)/t13?,16-/m0/s1. The smallest absolute Gasteiger partial charge is 0.408 e. The minimum atomic E-state index is -1.86. The molecule has 0 aliphatic carbocycles. The molecule has 0 radical (unpaired) electrons. The number of fused-ring (bicyclic) bond motifs is 1. The van der Waals surface area contributed by atoms with Crippen molar-refractivity contribution >= 4 is 70.2 Å². The van der Waals surface area contributed by atoms with Crippen LogP contribution in [0.4, 0.5) is 10.5 Å². The number of nitrogens with zero attached hydrogens (tertiary/aromatic N) is 2. The number of non-ortho nitro benzene ring substituents is 1. The highest BCUT2D eigenvalue weighted by molar-refractivity contribution is 8.00. The summed E-state index contributed by atoms with van der Waals surface area (Å²) in [6.45, 7) is -0.733. The van der Waals surface area contributed by atoms with E-state index >= 15 is 0 Å². The highest BCUT2D eigenvalue weighted by Crippen LogP contribution is 2.42. The number of rotatable bonds is 9. The Morgan fingerprint density at radius 3 is 2.42 bits per heavy atom. The predicted octanol–water partition coefficient (Wildman–Crippen LogP) is 2.89. The van der Waals surface area contributed by atoms with Gasteiger partial charge in [0.05, 0.1) is 4.92 Å². The summed E-state index contributed by atoms with van der Waals surface area (Å²) in [5.74, 6) is -1.30. The van der Waals surface area contributed by atoms with Crippen LogP contribution in [0.25, 0.3) is 0 Å². The Hall–Kier alpha value is -2.29. The molecule has 2 heterocycles. The Balaban J connectivity index is 1.68. The first-order valence-corrected chi connectivity index (χ1v) is 12.3. The summed E-state index contributed by atoms with van der Waals surface area (Å²) in [7, 11) is 2.73. The number of alkyl halides is 3. The van der Waals surface area contributed by atoms with E-state index in [-0.39, 0.29) is 23.7 Å². The van der Waals surface area contributed by atoms with Gasteiger partial charge in [-0.2, -0.15) is 0 Å². The molecule has 0 aromatic heterocycles. The SMILES string of the molecule is COC(OC)C1=C(C(=O)OCC(Cl)(Cl)Cl)N2C(=O)C(NC(=O)OCc3ccc([N+](=O)[O-])cc3)[C@@H]2SC1. The van der Waals surface area contributed by atoms with E-state index in [1.54, 1.807) is 0 Å². The molecule has 2 aliphatic heterocycles. The van der Waals surface area contributed by atoms with Crippen molar-refractivity contribution in [2.24, 2.45) is 0 Å². The average Bonchev–Trinajstić information content (AvgIpc) is 2.84. The van der Waals surface area contributed by atoms with Crippen LogP contribution < -0.4 is 5.32 Å². The number of benzene rings is 1. The summed E-state index contributed by atoms with van der Waals surface area (Å²) in [6, 6.07) is 4.47. The second-order valence-electron chi connectivity index (χ2n) is 7.40. The van der Waals surface area contributed by atoms with Crippen LogP contribution in [0.15, 0.2) is 35.5 Å². The number of alkyl carbamates (subject to hydrolysis) is 1. The number of β-lactam (4-membered cyclic amide) rings is 1. The van der Waals surface area contributed by atoms with Crippen LogP contribution in [0.1, 0.15) is 5.56 Å². The van der Waals surface area contributed by atoms with Gasteiger partial charge < -0.3 is 24.3 Å². The van der Waals surface area contributed by atoms with Crippen LogP contribution in [0.5, 0.6) is 0 Å². The van der Waals surface area contributed by atoms with Gasteiger partial charge in [0.25, 0.3) is 11.6 Å². The molecule has 1 saturated heterocycles. The largest absolute Gasteiger partial charge is 0.456 e. The third kappa shape index (κ3) is 6.52. The van der Waals surface area contributed by atoms with Gasteiger partial charge in [-0.15, -0.1) is 11.8 Å². The van der Waals surface area contributed by atoms with E-state index in [0.29, 0.717) is 11.1 Å². The number of nitro groups is 1. The van der Waals surface area contributed by atoms with Gasteiger partial charge in [-0.25, -0.2) is 9.59 Å². The Kier molecular flexibility index (Phi) is 9.30. The molecular weight excluding hydrogens is 565 g/mol. The van der Waals surface area contributed by atoms with E-state index in [2.05, 4.69) is 5.32 Å². The monoisotopic (exact) mass is 583 g/mol. The Morgan fingerprint density at radius 2 is 1.86 bits per heavy atom. The van der Waals surface area contributed by atoms with Crippen LogP contribution in [0, 0.1) is 10.1 Å². The van der Waals surface area contributed by atoms with E-state index in [1.807, 2.05) is 0 Å². The quantitative estimate of drug-likeness (QED) is 0.115. The summed E-state index contributed by atoms with van der Waals surface area (Å²) in [4.78, 5) is 49.4. The van der Waals surface area contributed by atoms with Gasteiger partial charge in [-0.1, -0.05) is 34.8 Å². The molecule has 1 unspecified atom stereocenters. The zero-order valence-electron chi connectivity index (χ0n) is 18.8. The molecule has 12 nitrogen and oxygen atoms in total. The second-order valence-corrected chi connectivity index (χ2v) is 11.0. The van der Waals surface area contributed by atoms with Gasteiger partial charge >= 0.3 is 12.1 Å². The zero-order chi connectivity index (χ0) is 26.6. The van der Waals surface area contributed by atoms with E-state index in [1.165, 1.54) is 50.2 Å². The van der Waals surface area contributed by atoms with Crippen LogP contribution in [-0.2, 0) is 35.1 Å². The fraction of sp³-hybridized carbons (Fsp3) is 0.450. The van der Waals surface area contributed by atoms with Crippen LogP contribution in [0.2, 0.25) is 0 Å². The van der Waals surface area contributed by atoms with Crippen LogP contribution in [-0.4, -0.2) is 75.9 Å². The molecule has 3 rings (SSSR count). The molecular formula is C20H20Cl3N3O9S. The maximum Gasteiger partial charge on any atom is 0.408 e. The molecule has 1 fully saturated rings. The molecule has 0 bridgehead atoms. The predicted molar refractivity (Wildman–Crippen MR) is 129 cm³/mol. The van der Waals surface area contributed by atoms with E-state index in [9.17, 15) is 24.5 Å². The second kappa shape index (κ2) is 11.8. The first-order chi connectivity index (χ1) is 17.0. The fourth-order valence-corrected chi connectivity index (χ4v) is 4.96. The molecule has 1 N–H and O–H groups in total. The van der Waals surface area contributed by atoms with Crippen molar-refractivity contribution in [3.05, 3.63) is 51.2 Å². The normalized spacial score (nSPS) is 19.5. The minimum absolute atomic E-state index is 0.0996. The molecule has 36 heavy (non-hydrogen) atoms. The number of carbonyl (C=O) groups is 3. The van der Waals surface area contributed by atoms with Gasteiger partial charge in [0.1, 0.15) is 30.3 Å². The number of carbonyl (C=O) groups excluding carboxylic acids is 3. The van der Waals surface area contributed by atoms with Gasteiger partial charge in [0, 0.05) is 37.7 Å². The Labute approximate surface area is 224 Å². The minimum Gasteiger partial charge on any atom is -0.456 e. The number of hydrogen-bond donors (Lipinski definition) is 1. The van der Waals surface area contributed by atoms with Crippen molar-refractivity contribution in [3.63, 3.8) is 0 Å². The van der Waals surface area contributed by atoms with Crippen molar-refractivity contribution < 1.29 is 38.3 Å². The highest BCUT2D eigenvalue weighted by atomic mass is 35.6. The molecule has 0 saturated carbocycles. The molecule has 2 aliphatic rings. The van der Waals surface area contributed by atoms with E-state index < -0.39 is 51.0 Å². The van der Waals surface area contributed by atoms with Crippen molar-refractivity contribution in [3.8, 4) is 0 Å². The summed E-state index contributed by atoms with van der Waals surface area (Å²) in [5, 5.41) is 12.6. The summed E-state index contributed by atoms with van der Waals surface area (Å²) in [6.07, 6.45) is -1.83. The molecule has 1 aromatic rings. The van der Waals surface area contributed by atoms with Gasteiger partial charge in [0.2, 0.25) is 3.79 Å². The molecule has 196 valence electrons. The number of amides is 2. The number of thioether (sulfide) groups is 1. The maximum atomic E-state index is 12.9. The van der Waals surface area contributed by atoms with Crippen LogP contribution >= 0.6 is 46.6 Å². The third-order valence-electron chi connectivity index (χ3n) is 5.06. The summed E-state index contributed by atoms with van der Waals surface area (Å²) in [5.41, 5.74) is 0.630. The lowest BCUT2D eigenvalue weighted by Gasteiger charge is -2.49. The van der Waals surface area contributed by atoms with Gasteiger partial charge in [0.15, 0.2) is 6.29 Å². The number of nitro benzene ring substituents is 1. The lowest BCUT2D eigenvalue weighted by Crippen LogP contribution is -2.71. The van der Waals surface area contributed by atoms with Crippen molar-refractivity contribution in [2.45, 2.75) is 28.1 Å². The lowest BCUT2D eigenvalue weighted by molar-refractivity contribution is -0.384. The van der Waals surface area contributed by atoms with Crippen LogP contribution in [0.3, 0.4) is 0 Å². The van der Waals surface area contributed by atoms with Crippen molar-refractivity contribution in [1.29, 1.82) is 0 Å². The first-order valence-electron chi connectivity index (χ1n) is 10.1. The molecule has 2 amide bonds. The lowest BCUT2D eigenvalue weighted by atomic mass is 10.0. The molecule has 0 spiro atoms. The summed E-state index contributed by atoms with van der Waals surface area (Å²) < 4.78 is 18.8. The molecule has 2 atom stereocenters. The number of ether oxygens (including phenoxy) is 4. The number of halogens is 3. The molecule has 1 aromatic carbocycles. The molecule has 16 heteroatoms. The Bertz CT molecular complexity index is 1060. The maximum absolute atomic E-state index is 12.9. The third-order valence-corrected chi connectivity index (χ3v) is 6.69.